The summed E-state index contributed by atoms with van der Waals surface area (Å²) in [6.45, 7) is 5.96. The molecule has 0 aliphatic heterocycles. The van der Waals surface area contributed by atoms with Gasteiger partial charge < -0.3 is 0 Å². The van der Waals surface area contributed by atoms with Crippen LogP contribution in [0.25, 0.3) is 11.3 Å². The monoisotopic (exact) mass is 256 g/mol. The molecule has 0 aliphatic carbocycles. The van der Waals surface area contributed by atoms with Crippen molar-refractivity contribution in [3.63, 3.8) is 0 Å². The van der Waals surface area contributed by atoms with Gasteiger partial charge in [0.2, 0.25) is 0 Å². The summed E-state index contributed by atoms with van der Waals surface area (Å²) >= 11 is 1.65. The lowest BCUT2D eigenvalue weighted by Crippen LogP contribution is -2.13. The molecule has 2 aromatic rings. The van der Waals surface area contributed by atoms with Crippen LogP contribution in [0.3, 0.4) is 0 Å². The maximum absolute atomic E-state index is 9.21. The van der Waals surface area contributed by atoms with Gasteiger partial charge in [-0.2, -0.15) is 5.26 Å². The Kier molecular flexibility index (Phi) is 3.49. The Morgan fingerprint density at radius 2 is 1.94 bits per heavy atom. The zero-order valence-electron chi connectivity index (χ0n) is 10.9. The van der Waals surface area contributed by atoms with Gasteiger partial charge in [-0.3, -0.25) is 0 Å². The van der Waals surface area contributed by atoms with Crippen LogP contribution in [0, 0.1) is 11.3 Å². The van der Waals surface area contributed by atoms with Crippen LogP contribution in [0.15, 0.2) is 30.3 Å². The van der Waals surface area contributed by atoms with Crippen LogP contribution in [0.2, 0.25) is 0 Å². The fraction of sp³-hybridized carbons (Fsp3) is 0.333. The van der Waals surface area contributed by atoms with Crippen molar-refractivity contribution in [1.29, 1.82) is 5.26 Å². The van der Waals surface area contributed by atoms with Gasteiger partial charge in [0, 0.05) is 10.4 Å². The van der Waals surface area contributed by atoms with E-state index >= 15 is 0 Å². The van der Waals surface area contributed by atoms with E-state index in [1.165, 1.54) is 4.88 Å². The Morgan fingerprint density at radius 3 is 2.50 bits per heavy atom. The summed E-state index contributed by atoms with van der Waals surface area (Å²) in [5.74, 6) is 0. The lowest BCUT2D eigenvalue weighted by atomic mass is 9.97. The minimum atomic E-state index is -0.512. The summed E-state index contributed by atoms with van der Waals surface area (Å²) in [4.78, 5) is 5.94. The van der Waals surface area contributed by atoms with Gasteiger partial charge in [-0.15, -0.1) is 11.3 Å². The van der Waals surface area contributed by atoms with E-state index in [1.54, 1.807) is 11.3 Å². The normalized spacial score (nSPS) is 11.2. The SMILES string of the molecule is CCc1sc(C(C)(C)C#N)nc1-c1ccccc1. The summed E-state index contributed by atoms with van der Waals surface area (Å²) in [5.41, 5.74) is 1.65. The fourth-order valence-electron chi connectivity index (χ4n) is 1.73. The molecule has 1 aromatic carbocycles. The quantitative estimate of drug-likeness (QED) is 0.826. The largest absolute Gasteiger partial charge is 0.239 e. The highest BCUT2D eigenvalue weighted by Gasteiger charge is 2.26. The van der Waals surface area contributed by atoms with Crippen molar-refractivity contribution in [2.24, 2.45) is 0 Å². The van der Waals surface area contributed by atoms with E-state index in [1.807, 2.05) is 32.0 Å². The molecule has 1 aromatic heterocycles. The predicted octanol–water partition coefficient (Wildman–Crippen LogP) is 4.17. The van der Waals surface area contributed by atoms with Gasteiger partial charge in [0.1, 0.15) is 10.4 Å². The average molecular weight is 256 g/mol. The molecule has 0 saturated carbocycles. The van der Waals surface area contributed by atoms with Crippen molar-refractivity contribution in [2.75, 3.05) is 0 Å². The number of thiazole rings is 1. The Morgan fingerprint density at radius 1 is 1.28 bits per heavy atom. The third-order valence-corrected chi connectivity index (χ3v) is 4.40. The van der Waals surface area contributed by atoms with Crippen LogP contribution in [0.4, 0.5) is 0 Å². The summed E-state index contributed by atoms with van der Waals surface area (Å²) in [5, 5.41) is 10.1. The molecule has 0 saturated heterocycles. The van der Waals surface area contributed by atoms with Crippen LogP contribution in [0.1, 0.15) is 30.7 Å². The molecule has 2 rings (SSSR count). The topological polar surface area (TPSA) is 36.7 Å². The molecule has 18 heavy (non-hydrogen) atoms. The van der Waals surface area contributed by atoms with Crippen LogP contribution >= 0.6 is 11.3 Å². The molecule has 3 heteroatoms. The summed E-state index contributed by atoms with van der Waals surface area (Å²) in [7, 11) is 0. The second-order valence-electron chi connectivity index (χ2n) is 4.75. The molecule has 0 spiro atoms. The number of hydrogen-bond acceptors (Lipinski definition) is 3. The number of aromatic nitrogens is 1. The number of nitriles is 1. The summed E-state index contributed by atoms with van der Waals surface area (Å²) in [6, 6.07) is 12.5. The molecular formula is C15H16N2S. The highest BCUT2D eigenvalue weighted by atomic mass is 32.1. The number of hydrogen-bond donors (Lipinski definition) is 0. The highest BCUT2D eigenvalue weighted by Crippen LogP contribution is 2.34. The lowest BCUT2D eigenvalue weighted by Gasteiger charge is -2.09. The van der Waals surface area contributed by atoms with Crippen LogP contribution < -0.4 is 0 Å². The molecular weight excluding hydrogens is 240 g/mol. The Labute approximate surface area is 112 Å². The number of aryl methyl sites for hydroxylation is 1. The van der Waals surface area contributed by atoms with E-state index in [2.05, 4.69) is 30.1 Å². The second kappa shape index (κ2) is 4.91. The average Bonchev–Trinajstić information content (AvgIpc) is 2.84. The molecule has 0 atom stereocenters. The fourth-order valence-corrected chi connectivity index (χ4v) is 2.80. The Balaban J connectivity index is 2.53. The molecule has 0 unspecified atom stereocenters. The first-order chi connectivity index (χ1) is 8.58. The Hall–Kier alpha value is -1.66. The van der Waals surface area contributed by atoms with E-state index in [9.17, 15) is 5.26 Å². The minimum Gasteiger partial charge on any atom is -0.239 e. The van der Waals surface area contributed by atoms with Crippen LogP contribution in [-0.2, 0) is 11.8 Å². The molecule has 0 bridgehead atoms. The third-order valence-electron chi connectivity index (χ3n) is 2.88. The summed E-state index contributed by atoms with van der Waals surface area (Å²) < 4.78 is 0. The molecule has 0 fully saturated rings. The predicted molar refractivity (Wildman–Crippen MR) is 75.6 cm³/mol. The van der Waals surface area contributed by atoms with Gasteiger partial charge in [0.25, 0.3) is 0 Å². The molecule has 1 heterocycles. The molecule has 2 nitrogen and oxygen atoms in total. The lowest BCUT2D eigenvalue weighted by molar-refractivity contribution is 0.680. The minimum absolute atomic E-state index is 0.512. The van der Waals surface area contributed by atoms with Gasteiger partial charge in [-0.05, 0) is 20.3 Å². The number of nitrogens with zero attached hydrogens (tertiary/aromatic N) is 2. The van der Waals surface area contributed by atoms with E-state index in [4.69, 9.17) is 0 Å². The second-order valence-corrected chi connectivity index (χ2v) is 5.83. The van der Waals surface area contributed by atoms with Gasteiger partial charge in [-0.25, -0.2) is 4.98 Å². The van der Waals surface area contributed by atoms with Crippen molar-refractivity contribution in [3.8, 4) is 17.3 Å². The van der Waals surface area contributed by atoms with Gasteiger partial charge in [0.05, 0.1) is 11.8 Å². The van der Waals surface area contributed by atoms with Crippen molar-refractivity contribution in [1.82, 2.24) is 4.98 Å². The van der Waals surface area contributed by atoms with Gasteiger partial charge in [-0.1, -0.05) is 37.3 Å². The van der Waals surface area contributed by atoms with E-state index < -0.39 is 5.41 Å². The first-order valence-corrected chi connectivity index (χ1v) is 6.87. The van der Waals surface area contributed by atoms with Gasteiger partial charge >= 0.3 is 0 Å². The van der Waals surface area contributed by atoms with E-state index in [-0.39, 0.29) is 0 Å². The van der Waals surface area contributed by atoms with Crippen molar-refractivity contribution < 1.29 is 0 Å². The van der Waals surface area contributed by atoms with Gasteiger partial charge in [0.15, 0.2) is 0 Å². The third kappa shape index (κ3) is 2.30. The standard InChI is InChI=1S/C15H16N2S/c1-4-12-13(11-8-6-5-7-9-11)17-14(18-12)15(2,3)10-16/h5-9H,4H2,1-3H3. The molecule has 92 valence electrons. The smallest absolute Gasteiger partial charge is 0.113 e. The molecule has 0 aliphatic rings. The molecule has 0 radical (unpaired) electrons. The molecule has 0 amide bonds. The molecule has 0 N–H and O–H groups in total. The zero-order chi connectivity index (χ0) is 13.2. The van der Waals surface area contributed by atoms with Crippen LogP contribution in [-0.4, -0.2) is 4.98 Å². The first kappa shape index (κ1) is 12.8. The Bertz CT molecular complexity index is 576. The van der Waals surface area contributed by atoms with Crippen molar-refractivity contribution in [2.45, 2.75) is 32.6 Å². The highest BCUT2D eigenvalue weighted by molar-refractivity contribution is 7.12. The number of benzene rings is 1. The summed E-state index contributed by atoms with van der Waals surface area (Å²) in [6.07, 6.45) is 0.948. The van der Waals surface area contributed by atoms with E-state index in [0.717, 1.165) is 22.7 Å². The maximum Gasteiger partial charge on any atom is 0.113 e. The van der Waals surface area contributed by atoms with Crippen LogP contribution in [0.5, 0.6) is 0 Å². The number of rotatable bonds is 3. The van der Waals surface area contributed by atoms with Crippen molar-refractivity contribution >= 4 is 11.3 Å². The zero-order valence-corrected chi connectivity index (χ0v) is 11.7. The van der Waals surface area contributed by atoms with Crippen molar-refractivity contribution in [3.05, 3.63) is 40.2 Å². The van der Waals surface area contributed by atoms with E-state index in [0.29, 0.717) is 0 Å². The first-order valence-electron chi connectivity index (χ1n) is 6.05. The maximum atomic E-state index is 9.21.